The molecular weight excluding hydrogens is 312 g/mol. The van der Waals surface area contributed by atoms with Gasteiger partial charge in [-0.3, -0.25) is 20.2 Å². The van der Waals surface area contributed by atoms with E-state index in [0.29, 0.717) is 21.4 Å². The van der Waals surface area contributed by atoms with Crippen LogP contribution in [0.5, 0.6) is 0 Å². The number of nitrogens with one attached hydrogen (secondary N) is 2. The van der Waals surface area contributed by atoms with Crippen molar-refractivity contribution in [1.29, 1.82) is 0 Å². The van der Waals surface area contributed by atoms with Gasteiger partial charge >= 0.3 is 0 Å². The average molecular weight is 324 g/mol. The van der Waals surface area contributed by atoms with Crippen LogP contribution in [-0.2, 0) is 0 Å². The molecule has 2 N–H and O–H groups in total. The molecule has 0 fully saturated rings. The lowest BCUT2D eigenvalue weighted by atomic mass is 10.2. The fourth-order valence-corrected chi connectivity index (χ4v) is 2.48. The maximum atomic E-state index is 12.0. The van der Waals surface area contributed by atoms with Crippen LogP contribution in [0.3, 0.4) is 0 Å². The van der Waals surface area contributed by atoms with Crippen molar-refractivity contribution in [2.24, 2.45) is 0 Å². The fourth-order valence-electron chi connectivity index (χ4n) is 1.84. The number of benzene rings is 2. The number of hydrogen-bond acceptors (Lipinski definition) is 5. The first-order valence-corrected chi connectivity index (χ1v) is 7.60. The van der Waals surface area contributed by atoms with Crippen molar-refractivity contribution in [2.45, 2.75) is 0 Å². The van der Waals surface area contributed by atoms with E-state index in [0.717, 1.165) is 11.3 Å². The molecule has 0 radical (unpaired) electrons. The third kappa shape index (κ3) is 3.78. The Hall–Kier alpha value is -3.06. The molecule has 3 aromatic rings. The van der Waals surface area contributed by atoms with Gasteiger partial charge in [0.05, 0.1) is 0 Å². The molecule has 0 aliphatic carbocycles. The summed E-state index contributed by atoms with van der Waals surface area (Å²) in [5.41, 5.74) is 1.05. The van der Waals surface area contributed by atoms with E-state index in [-0.39, 0.29) is 11.8 Å². The molecule has 0 unspecified atom stereocenters. The van der Waals surface area contributed by atoms with E-state index in [9.17, 15) is 9.59 Å². The standard InChI is InChI=1S/C16H12N4O2S/c21-13(11-7-3-1-4-8-11)17-15-19-20-16(23-15)18-14(22)12-9-5-2-6-10-12/h1-10H,(H,17,19,21)(H,18,20,22). The predicted molar refractivity (Wildman–Crippen MR) is 88.7 cm³/mol. The minimum absolute atomic E-state index is 0.275. The van der Waals surface area contributed by atoms with Gasteiger partial charge in [0.25, 0.3) is 11.8 Å². The maximum absolute atomic E-state index is 12.0. The van der Waals surface area contributed by atoms with Crippen molar-refractivity contribution >= 4 is 33.4 Å². The van der Waals surface area contributed by atoms with Gasteiger partial charge in [0.15, 0.2) is 0 Å². The van der Waals surface area contributed by atoms with Crippen LogP contribution in [0.25, 0.3) is 0 Å². The predicted octanol–water partition coefficient (Wildman–Crippen LogP) is 3.04. The van der Waals surface area contributed by atoms with Crippen molar-refractivity contribution in [1.82, 2.24) is 10.2 Å². The van der Waals surface area contributed by atoms with Crippen LogP contribution in [-0.4, -0.2) is 22.0 Å². The van der Waals surface area contributed by atoms with Gasteiger partial charge in [-0.2, -0.15) is 0 Å². The Balaban J connectivity index is 1.64. The second-order valence-electron chi connectivity index (χ2n) is 4.55. The van der Waals surface area contributed by atoms with E-state index in [2.05, 4.69) is 20.8 Å². The summed E-state index contributed by atoms with van der Waals surface area (Å²) in [7, 11) is 0. The zero-order chi connectivity index (χ0) is 16.1. The van der Waals surface area contributed by atoms with Gasteiger partial charge in [-0.25, -0.2) is 0 Å². The molecule has 7 heteroatoms. The van der Waals surface area contributed by atoms with Gasteiger partial charge in [0.2, 0.25) is 10.3 Å². The van der Waals surface area contributed by atoms with Crippen molar-refractivity contribution in [3.05, 3.63) is 71.8 Å². The molecule has 0 saturated carbocycles. The zero-order valence-corrected chi connectivity index (χ0v) is 12.7. The van der Waals surface area contributed by atoms with Gasteiger partial charge in [-0.15, -0.1) is 10.2 Å². The Labute approximate surface area is 136 Å². The Morgan fingerprint density at radius 2 is 1.09 bits per heavy atom. The lowest BCUT2D eigenvalue weighted by Crippen LogP contribution is -2.11. The third-order valence-corrected chi connectivity index (χ3v) is 3.69. The van der Waals surface area contributed by atoms with Crippen LogP contribution >= 0.6 is 11.3 Å². The summed E-state index contributed by atoms with van der Waals surface area (Å²) in [5.74, 6) is -0.551. The topological polar surface area (TPSA) is 84.0 Å². The molecule has 0 bridgehead atoms. The smallest absolute Gasteiger partial charge is 0.257 e. The molecule has 2 amide bonds. The van der Waals surface area contributed by atoms with E-state index < -0.39 is 0 Å². The summed E-state index contributed by atoms with van der Waals surface area (Å²) in [5, 5.41) is 13.6. The van der Waals surface area contributed by atoms with Crippen LogP contribution in [0.1, 0.15) is 20.7 Å². The van der Waals surface area contributed by atoms with Gasteiger partial charge < -0.3 is 0 Å². The largest absolute Gasteiger partial charge is 0.296 e. The summed E-state index contributed by atoms with van der Waals surface area (Å²) in [4.78, 5) is 24.0. The van der Waals surface area contributed by atoms with Crippen molar-refractivity contribution < 1.29 is 9.59 Å². The van der Waals surface area contributed by atoms with Gasteiger partial charge in [-0.05, 0) is 24.3 Å². The molecule has 1 aromatic heterocycles. The first-order chi connectivity index (χ1) is 11.2. The normalized spacial score (nSPS) is 10.1. The molecule has 0 saturated heterocycles. The third-order valence-electron chi connectivity index (χ3n) is 2.94. The summed E-state index contributed by atoms with van der Waals surface area (Å²) in [6.07, 6.45) is 0. The van der Waals surface area contributed by atoms with E-state index in [1.165, 1.54) is 0 Å². The Kier molecular flexibility index (Phi) is 4.39. The van der Waals surface area contributed by atoms with E-state index in [4.69, 9.17) is 0 Å². The van der Waals surface area contributed by atoms with E-state index in [1.807, 2.05) is 12.1 Å². The Bertz CT molecular complexity index is 750. The molecular formula is C16H12N4O2S. The molecule has 3 rings (SSSR count). The van der Waals surface area contributed by atoms with Gasteiger partial charge in [0, 0.05) is 11.1 Å². The van der Waals surface area contributed by atoms with Crippen LogP contribution < -0.4 is 10.6 Å². The Morgan fingerprint density at radius 1 is 0.696 bits per heavy atom. The lowest BCUT2D eigenvalue weighted by Gasteiger charge is -2.00. The Morgan fingerprint density at radius 3 is 1.48 bits per heavy atom. The minimum Gasteiger partial charge on any atom is -0.296 e. The number of nitrogens with zero attached hydrogens (tertiary/aromatic N) is 2. The summed E-state index contributed by atoms with van der Waals surface area (Å²) >= 11 is 1.09. The number of amides is 2. The summed E-state index contributed by atoms with van der Waals surface area (Å²) < 4.78 is 0. The molecule has 0 atom stereocenters. The number of rotatable bonds is 4. The quantitative estimate of drug-likeness (QED) is 0.772. The number of carbonyl (C=O) groups excluding carboxylic acids is 2. The molecule has 1 heterocycles. The highest BCUT2D eigenvalue weighted by Gasteiger charge is 2.12. The first-order valence-electron chi connectivity index (χ1n) is 6.79. The second kappa shape index (κ2) is 6.80. The molecule has 0 aliphatic rings. The van der Waals surface area contributed by atoms with Crippen LogP contribution in [0.4, 0.5) is 10.3 Å². The highest BCUT2D eigenvalue weighted by molar-refractivity contribution is 7.19. The van der Waals surface area contributed by atoms with Crippen molar-refractivity contribution in [2.75, 3.05) is 10.6 Å². The van der Waals surface area contributed by atoms with Crippen molar-refractivity contribution in [3.63, 3.8) is 0 Å². The maximum Gasteiger partial charge on any atom is 0.257 e. The van der Waals surface area contributed by atoms with E-state index >= 15 is 0 Å². The highest BCUT2D eigenvalue weighted by atomic mass is 32.1. The SMILES string of the molecule is O=C(Nc1nnc(NC(=O)c2ccccc2)s1)c1ccccc1. The number of anilines is 2. The summed E-state index contributed by atoms with van der Waals surface area (Å²) in [6.45, 7) is 0. The number of carbonyl (C=O) groups is 2. The van der Waals surface area contributed by atoms with Crippen LogP contribution in [0.15, 0.2) is 60.7 Å². The molecule has 0 aliphatic heterocycles. The molecule has 23 heavy (non-hydrogen) atoms. The number of hydrogen-bond donors (Lipinski definition) is 2. The zero-order valence-electron chi connectivity index (χ0n) is 11.9. The van der Waals surface area contributed by atoms with Crippen molar-refractivity contribution in [3.8, 4) is 0 Å². The van der Waals surface area contributed by atoms with Crippen LogP contribution in [0.2, 0.25) is 0 Å². The molecule has 2 aromatic carbocycles. The molecule has 114 valence electrons. The van der Waals surface area contributed by atoms with E-state index in [1.54, 1.807) is 48.5 Å². The van der Waals surface area contributed by atoms with Crippen LogP contribution in [0, 0.1) is 0 Å². The average Bonchev–Trinajstić information content (AvgIpc) is 3.03. The highest BCUT2D eigenvalue weighted by Crippen LogP contribution is 2.21. The van der Waals surface area contributed by atoms with Gasteiger partial charge in [0.1, 0.15) is 0 Å². The molecule has 6 nitrogen and oxygen atoms in total. The fraction of sp³-hybridized carbons (Fsp3) is 0. The second-order valence-corrected chi connectivity index (χ2v) is 5.53. The summed E-state index contributed by atoms with van der Waals surface area (Å²) in [6, 6.07) is 17.6. The lowest BCUT2D eigenvalue weighted by molar-refractivity contribution is 0.101. The molecule has 0 spiro atoms. The monoisotopic (exact) mass is 324 g/mol. The minimum atomic E-state index is -0.275. The number of aromatic nitrogens is 2. The first kappa shape index (κ1) is 14.9. The van der Waals surface area contributed by atoms with Gasteiger partial charge in [-0.1, -0.05) is 47.7 Å².